The summed E-state index contributed by atoms with van der Waals surface area (Å²) in [4.78, 5) is 34.5. The molecule has 0 aromatic carbocycles. The van der Waals surface area contributed by atoms with E-state index >= 15 is 0 Å². The Bertz CT molecular complexity index is 964. The molecular formula is C18H20ClF3N6O4. The number of alkyl halides is 3. The number of piperazine rings is 1. The number of anilines is 1. The second-order valence-electron chi connectivity index (χ2n) is 6.73. The van der Waals surface area contributed by atoms with Gasteiger partial charge in [-0.1, -0.05) is 11.6 Å². The van der Waals surface area contributed by atoms with Crippen molar-refractivity contribution in [2.45, 2.75) is 12.6 Å². The molecule has 0 bridgehead atoms. The van der Waals surface area contributed by atoms with Crippen LogP contribution in [0.4, 0.5) is 19.1 Å². The topological polar surface area (TPSA) is 114 Å². The van der Waals surface area contributed by atoms with Gasteiger partial charge in [0.25, 0.3) is 5.56 Å². The average Bonchev–Trinajstić information content (AvgIpc) is 2.78. The third kappa shape index (κ3) is 6.29. The quantitative estimate of drug-likeness (QED) is 0.568. The number of halogens is 4. The Morgan fingerprint density at radius 3 is 2.44 bits per heavy atom. The number of rotatable bonds is 8. The van der Waals surface area contributed by atoms with Gasteiger partial charge in [0.1, 0.15) is 6.61 Å². The van der Waals surface area contributed by atoms with E-state index in [2.05, 4.69) is 20.2 Å². The number of carbonyl (C=O) groups excluding carboxylic acids is 1. The third-order valence-corrected chi connectivity index (χ3v) is 4.95. The molecule has 14 heteroatoms. The summed E-state index contributed by atoms with van der Waals surface area (Å²) in [7, 11) is 0. The molecule has 10 nitrogen and oxygen atoms in total. The van der Waals surface area contributed by atoms with Gasteiger partial charge in [0.05, 0.1) is 31.4 Å². The predicted octanol–water partition coefficient (Wildman–Crippen LogP) is 1.37. The number of hydrogen-bond donors (Lipinski definition) is 1. The first-order valence-corrected chi connectivity index (χ1v) is 9.99. The second kappa shape index (κ2) is 10.6. The van der Waals surface area contributed by atoms with Gasteiger partial charge in [0.2, 0.25) is 11.9 Å². The summed E-state index contributed by atoms with van der Waals surface area (Å²) in [6.45, 7) is 2.14. The van der Waals surface area contributed by atoms with Gasteiger partial charge in [-0.2, -0.15) is 18.3 Å². The van der Waals surface area contributed by atoms with Gasteiger partial charge in [-0.25, -0.2) is 15.1 Å². The van der Waals surface area contributed by atoms with E-state index in [1.807, 2.05) is 0 Å². The highest BCUT2D eigenvalue weighted by molar-refractivity contribution is 6.31. The van der Waals surface area contributed by atoms with E-state index < -0.39 is 17.3 Å². The predicted molar refractivity (Wildman–Crippen MR) is 107 cm³/mol. The van der Waals surface area contributed by atoms with Crippen molar-refractivity contribution >= 4 is 23.5 Å². The van der Waals surface area contributed by atoms with Crippen LogP contribution in [-0.2, 0) is 15.7 Å². The van der Waals surface area contributed by atoms with E-state index in [1.165, 1.54) is 6.20 Å². The molecule has 0 spiro atoms. The minimum atomic E-state index is -4.48. The zero-order valence-corrected chi connectivity index (χ0v) is 17.5. The Hall–Kier alpha value is -2.93. The average molecular weight is 477 g/mol. The number of aromatic nitrogens is 4. The van der Waals surface area contributed by atoms with Crippen LogP contribution in [0.3, 0.4) is 0 Å². The fourth-order valence-electron chi connectivity index (χ4n) is 2.88. The maximum Gasteiger partial charge on any atom is 0.419 e. The van der Waals surface area contributed by atoms with Crippen molar-refractivity contribution in [1.29, 1.82) is 0 Å². The molecule has 2 aromatic rings. The van der Waals surface area contributed by atoms with E-state index in [1.54, 1.807) is 9.80 Å². The van der Waals surface area contributed by atoms with Gasteiger partial charge >= 0.3 is 6.18 Å². The molecule has 0 unspecified atom stereocenters. The summed E-state index contributed by atoms with van der Waals surface area (Å²) in [5, 5.41) is 5.65. The summed E-state index contributed by atoms with van der Waals surface area (Å²) < 4.78 is 48.5. The van der Waals surface area contributed by atoms with Crippen molar-refractivity contribution in [3.8, 4) is 5.75 Å². The van der Waals surface area contributed by atoms with Gasteiger partial charge in [-0.15, -0.1) is 0 Å². The molecular weight excluding hydrogens is 457 g/mol. The molecule has 1 aliphatic rings. The lowest BCUT2D eigenvalue weighted by atomic mass is 10.3. The van der Waals surface area contributed by atoms with E-state index in [4.69, 9.17) is 21.1 Å². The van der Waals surface area contributed by atoms with Crippen molar-refractivity contribution in [2.24, 2.45) is 0 Å². The van der Waals surface area contributed by atoms with Crippen LogP contribution in [0.15, 0.2) is 23.4 Å². The summed E-state index contributed by atoms with van der Waals surface area (Å²) in [5.41, 5.74) is -1.46. The number of ether oxygens (including phenoxy) is 2. The van der Waals surface area contributed by atoms with Crippen LogP contribution < -0.4 is 15.2 Å². The highest BCUT2D eigenvalue weighted by atomic mass is 35.5. The molecule has 32 heavy (non-hydrogen) atoms. The smallest absolute Gasteiger partial charge is 0.419 e. The normalized spacial score (nSPS) is 14.5. The Labute approximate surface area is 185 Å². The van der Waals surface area contributed by atoms with Gasteiger partial charge < -0.3 is 19.3 Å². The van der Waals surface area contributed by atoms with Crippen molar-refractivity contribution in [3.63, 3.8) is 0 Å². The molecule has 1 N–H and O–H groups in total. The summed E-state index contributed by atoms with van der Waals surface area (Å²) >= 11 is 5.78. The first kappa shape index (κ1) is 23.7. The highest BCUT2D eigenvalue weighted by Gasteiger charge is 2.32. The Morgan fingerprint density at radius 2 is 1.78 bits per heavy atom. The van der Waals surface area contributed by atoms with Gasteiger partial charge in [0, 0.05) is 38.6 Å². The largest absolute Gasteiger partial charge is 0.488 e. The minimum Gasteiger partial charge on any atom is -0.488 e. The molecule has 3 heterocycles. The lowest BCUT2D eigenvalue weighted by molar-refractivity contribution is -0.138. The maximum absolute atomic E-state index is 12.6. The number of aromatic amines is 1. The number of nitrogens with one attached hydrogen (secondary N) is 1. The zero-order chi connectivity index (χ0) is 23.1. The second-order valence-corrected chi connectivity index (χ2v) is 7.10. The lowest BCUT2D eigenvalue weighted by Crippen LogP contribution is -2.49. The molecule has 0 atom stereocenters. The zero-order valence-electron chi connectivity index (χ0n) is 16.8. The van der Waals surface area contributed by atoms with Gasteiger partial charge in [-0.3, -0.25) is 9.59 Å². The van der Waals surface area contributed by atoms with E-state index in [9.17, 15) is 22.8 Å². The Kier molecular flexibility index (Phi) is 7.85. The SMILES string of the molecule is O=C(CCOCCOc1cn[nH]c(=O)c1Cl)N1CCN(c2ncc(C(F)(F)F)cn2)CC1. The molecule has 1 saturated heterocycles. The van der Waals surface area contributed by atoms with Crippen molar-refractivity contribution < 1.29 is 27.4 Å². The number of H-pyrrole nitrogens is 1. The third-order valence-electron chi connectivity index (χ3n) is 4.59. The van der Waals surface area contributed by atoms with Gasteiger partial charge in [-0.05, 0) is 0 Å². The molecule has 1 aliphatic heterocycles. The van der Waals surface area contributed by atoms with Crippen molar-refractivity contribution in [3.05, 3.63) is 39.5 Å². The molecule has 0 aliphatic carbocycles. The molecule has 3 rings (SSSR count). The molecule has 2 aromatic heterocycles. The van der Waals surface area contributed by atoms with Crippen LogP contribution >= 0.6 is 11.6 Å². The van der Waals surface area contributed by atoms with Crippen LogP contribution in [0.2, 0.25) is 5.02 Å². The summed E-state index contributed by atoms with van der Waals surface area (Å²) in [6, 6.07) is 0. The van der Waals surface area contributed by atoms with E-state index in [0.29, 0.717) is 26.2 Å². The van der Waals surface area contributed by atoms with Crippen LogP contribution in [-0.4, -0.2) is 77.0 Å². The molecule has 0 saturated carbocycles. The number of amides is 1. The number of carbonyl (C=O) groups is 1. The molecule has 0 radical (unpaired) electrons. The highest BCUT2D eigenvalue weighted by Crippen LogP contribution is 2.28. The van der Waals surface area contributed by atoms with Crippen LogP contribution in [0.5, 0.6) is 5.75 Å². The first-order valence-electron chi connectivity index (χ1n) is 9.61. The van der Waals surface area contributed by atoms with Gasteiger partial charge in [0.15, 0.2) is 10.8 Å². The number of nitrogens with zero attached hydrogens (tertiary/aromatic N) is 5. The molecule has 1 fully saturated rings. The van der Waals surface area contributed by atoms with Crippen molar-refractivity contribution in [1.82, 2.24) is 25.1 Å². The summed E-state index contributed by atoms with van der Waals surface area (Å²) in [5.74, 6) is 0.245. The molecule has 174 valence electrons. The van der Waals surface area contributed by atoms with Crippen LogP contribution in [0.25, 0.3) is 0 Å². The minimum absolute atomic E-state index is 0.0965. The first-order chi connectivity index (χ1) is 15.3. The fourth-order valence-corrected chi connectivity index (χ4v) is 3.03. The van der Waals surface area contributed by atoms with E-state index in [-0.39, 0.29) is 48.9 Å². The Morgan fingerprint density at radius 1 is 1.09 bits per heavy atom. The van der Waals surface area contributed by atoms with E-state index in [0.717, 1.165) is 12.4 Å². The van der Waals surface area contributed by atoms with Crippen LogP contribution in [0.1, 0.15) is 12.0 Å². The standard InChI is InChI=1S/C18H20ClF3N6O4/c19-15-13(11-25-26-16(15)30)32-8-7-31-6-1-14(29)27-2-4-28(5-3-27)17-23-9-12(10-24-17)18(20,21)22/h9-11H,1-8H2,(H,26,30). The molecule has 1 amide bonds. The number of hydrogen-bond acceptors (Lipinski definition) is 8. The maximum atomic E-state index is 12.6. The summed E-state index contributed by atoms with van der Waals surface area (Å²) in [6.07, 6.45) is -1.53. The lowest BCUT2D eigenvalue weighted by Gasteiger charge is -2.34. The van der Waals surface area contributed by atoms with Crippen molar-refractivity contribution in [2.75, 3.05) is 50.9 Å². The van der Waals surface area contributed by atoms with Crippen LogP contribution in [0, 0.1) is 0 Å². The Balaban J connectivity index is 1.33. The fraction of sp³-hybridized carbons (Fsp3) is 0.500. The monoisotopic (exact) mass is 476 g/mol.